The molecule has 2 rings (SSSR count). The maximum atomic E-state index is 11.3. The highest BCUT2D eigenvalue weighted by molar-refractivity contribution is 9.10. The maximum absolute atomic E-state index is 11.3. The minimum atomic E-state index is -0.247. The van der Waals surface area contributed by atoms with Crippen LogP contribution in [0.25, 0.3) is 0 Å². The topological polar surface area (TPSA) is 26.3 Å². The summed E-state index contributed by atoms with van der Waals surface area (Å²) in [5, 5.41) is 0. The number of esters is 1. The summed E-state index contributed by atoms with van der Waals surface area (Å²) >= 11 is 5.18. The van der Waals surface area contributed by atoms with Gasteiger partial charge in [0.1, 0.15) is 6.10 Å². The van der Waals surface area contributed by atoms with E-state index in [1.54, 1.807) is 11.8 Å². The van der Waals surface area contributed by atoms with Crippen molar-refractivity contribution in [3.05, 3.63) is 70.2 Å². The van der Waals surface area contributed by atoms with Crippen molar-refractivity contribution in [1.82, 2.24) is 0 Å². The molecule has 2 nitrogen and oxygen atoms in total. The van der Waals surface area contributed by atoms with Crippen molar-refractivity contribution >= 4 is 33.7 Å². The molecule has 0 amide bonds. The van der Waals surface area contributed by atoms with Gasteiger partial charge in [-0.15, -0.1) is 0 Å². The first-order valence-corrected chi connectivity index (χ1v) is 8.64. The van der Waals surface area contributed by atoms with Crippen molar-refractivity contribution in [3.63, 3.8) is 0 Å². The number of carbonyl (C=O) groups excluding carboxylic acids is 1. The summed E-state index contributed by atoms with van der Waals surface area (Å²) < 4.78 is 6.46. The van der Waals surface area contributed by atoms with Gasteiger partial charge in [0, 0.05) is 22.9 Å². The number of benzene rings is 2. The first-order valence-electron chi connectivity index (χ1n) is 6.69. The minimum Gasteiger partial charge on any atom is -0.457 e. The number of hydrogen-bond donors (Lipinski definition) is 0. The molecule has 0 N–H and O–H groups in total. The lowest BCUT2D eigenvalue weighted by Gasteiger charge is -2.17. The van der Waals surface area contributed by atoms with Crippen LogP contribution in [-0.4, -0.2) is 11.7 Å². The third-order valence-electron chi connectivity index (χ3n) is 2.93. The lowest BCUT2D eigenvalue weighted by Crippen LogP contribution is -2.11. The number of hydrogen-bond acceptors (Lipinski definition) is 3. The fraction of sp³-hybridized carbons (Fsp3) is 0.235. The monoisotopic (exact) mass is 364 g/mol. The van der Waals surface area contributed by atoms with E-state index < -0.39 is 0 Å². The van der Waals surface area contributed by atoms with Crippen LogP contribution in [0.1, 0.15) is 24.2 Å². The Morgan fingerprint density at radius 1 is 1.14 bits per heavy atom. The van der Waals surface area contributed by atoms with E-state index in [0.29, 0.717) is 0 Å². The molecule has 4 heteroatoms. The van der Waals surface area contributed by atoms with Crippen LogP contribution >= 0.6 is 27.7 Å². The largest absolute Gasteiger partial charge is 0.457 e. The van der Waals surface area contributed by atoms with Gasteiger partial charge in [0.2, 0.25) is 0 Å². The van der Waals surface area contributed by atoms with Crippen LogP contribution < -0.4 is 0 Å². The summed E-state index contributed by atoms with van der Waals surface area (Å²) in [7, 11) is 0. The van der Waals surface area contributed by atoms with E-state index in [0.717, 1.165) is 21.5 Å². The summed E-state index contributed by atoms with van der Waals surface area (Å²) in [6, 6.07) is 18.2. The fourth-order valence-corrected chi connectivity index (χ4v) is 3.22. The molecular formula is C17H17BrO2S. The van der Waals surface area contributed by atoms with Gasteiger partial charge in [-0.1, -0.05) is 58.4 Å². The molecule has 0 aromatic heterocycles. The predicted molar refractivity (Wildman–Crippen MR) is 91.3 cm³/mol. The Labute approximate surface area is 138 Å². The summed E-state index contributed by atoms with van der Waals surface area (Å²) in [4.78, 5) is 11.3. The Morgan fingerprint density at radius 2 is 1.81 bits per heavy atom. The average Bonchev–Trinajstić information content (AvgIpc) is 2.48. The van der Waals surface area contributed by atoms with E-state index in [9.17, 15) is 4.79 Å². The second-order valence-corrected chi connectivity index (χ2v) is 6.60. The number of halogens is 1. The minimum absolute atomic E-state index is 0.204. The summed E-state index contributed by atoms with van der Waals surface area (Å²) in [6.45, 7) is 1.45. The lowest BCUT2D eigenvalue weighted by atomic mass is 10.1. The highest BCUT2D eigenvalue weighted by Gasteiger charge is 2.14. The molecule has 1 atom stereocenters. The van der Waals surface area contributed by atoms with Crippen molar-refractivity contribution in [2.75, 3.05) is 5.75 Å². The predicted octanol–water partition coefficient (Wildman–Crippen LogP) is 4.99. The zero-order chi connectivity index (χ0) is 15.1. The van der Waals surface area contributed by atoms with Gasteiger partial charge in [0.25, 0.3) is 0 Å². The molecule has 0 bridgehead atoms. The van der Waals surface area contributed by atoms with Gasteiger partial charge >= 0.3 is 5.97 Å². The van der Waals surface area contributed by atoms with Gasteiger partial charge in [-0.3, -0.25) is 4.79 Å². The molecule has 1 unspecified atom stereocenters. The number of carbonyl (C=O) groups is 1. The molecule has 0 saturated carbocycles. The van der Waals surface area contributed by atoms with Gasteiger partial charge in [-0.2, -0.15) is 11.8 Å². The molecule has 110 valence electrons. The van der Waals surface area contributed by atoms with E-state index >= 15 is 0 Å². The smallest absolute Gasteiger partial charge is 0.303 e. The first-order chi connectivity index (χ1) is 10.1. The second kappa shape index (κ2) is 8.25. The van der Waals surface area contributed by atoms with E-state index in [-0.39, 0.29) is 12.1 Å². The van der Waals surface area contributed by atoms with Gasteiger partial charge < -0.3 is 4.74 Å². The lowest BCUT2D eigenvalue weighted by molar-refractivity contribution is -0.145. The number of thioether (sulfide) groups is 1. The highest BCUT2D eigenvalue weighted by atomic mass is 79.9. The van der Waals surface area contributed by atoms with Crippen LogP contribution in [0.3, 0.4) is 0 Å². The van der Waals surface area contributed by atoms with Crippen LogP contribution in [0.2, 0.25) is 0 Å². The summed E-state index contributed by atoms with van der Waals surface area (Å²) in [5.41, 5.74) is 2.30. The van der Waals surface area contributed by atoms with Crippen LogP contribution in [0.5, 0.6) is 0 Å². The Morgan fingerprint density at radius 3 is 2.43 bits per heavy atom. The quantitative estimate of drug-likeness (QED) is 0.675. The molecule has 21 heavy (non-hydrogen) atoms. The van der Waals surface area contributed by atoms with Crippen molar-refractivity contribution in [3.8, 4) is 0 Å². The van der Waals surface area contributed by atoms with Crippen molar-refractivity contribution < 1.29 is 9.53 Å². The summed E-state index contributed by atoms with van der Waals surface area (Å²) in [6.07, 6.45) is -0.204. The molecule has 0 saturated heterocycles. The maximum Gasteiger partial charge on any atom is 0.303 e. The Bertz CT molecular complexity index is 569. The van der Waals surface area contributed by atoms with E-state index in [1.807, 2.05) is 42.5 Å². The average molecular weight is 365 g/mol. The standard InChI is InChI=1S/C17H17BrO2S/c1-13(19)20-17(15-7-9-16(18)10-8-15)12-21-11-14-5-3-2-4-6-14/h2-10,17H,11-12H2,1H3. The van der Waals surface area contributed by atoms with Crippen LogP contribution in [0.15, 0.2) is 59.1 Å². The number of rotatable bonds is 6. The molecule has 0 heterocycles. The summed E-state index contributed by atoms with van der Waals surface area (Å²) in [5.74, 6) is 1.41. The molecule has 0 aliphatic heterocycles. The molecule has 0 aliphatic rings. The molecule has 2 aromatic rings. The zero-order valence-corrected chi connectivity index (χ0v) is 14.2. The van der Waals surface area contributed by atoms with Crippen LogP contribution in [-0.2, 0) is 15.3 Å². The molecular weight excluding hydrogens is 348 g/mol. The van der Waals surface area contributed by atoms with E-state index in [4.69, 9.17) is 4.74 Å². The van der Waals surface area contributed by atoms with Crippen molar-refractivity contribution in [2.45, 2.75) is 18.8 Å². The molecule has 0 aliphatic carbocycles. The first kappa shape index (κ1) is 16.1. The van der Waals surface area contributed by atoms with Gasteiger partial charge in [-0.25, -0.2) is 0 Å². The van der Waals surface area contributed by atoms with Gasteiger partial charge in [0.15, 0.2) is 0 Å². The van der Waals surface area contributed by atoms with Crippen molar-refractivity contribution in [2.24, 2.45) is 0 Å². The van der Waals surface area contributed by atoms with E-state index in [2.05, 4.69) is 28.1 Å². The SMILES string of the molecule is CC(=O)OC(CSCc1ccccc1)c1ccc(Br)cc1. The molecule has 0 fully saturated rings. The molecule has 2 aromatic carbocycles. The third kappa shape index (κ3) is 5.56. The second-order valence-electron chi connectivity index (χ2n) is 4.65. The van der Waals surface area contributed by atoms with Gasteiger partial charge in [-0.05, 0) is 23.3 Å². The fourth-order valence-electron chi connectivity index (χ4n) is 1.93. The van der Waals surface area contributed by atoms with Gasteiger partial charge in [0.05, 0.1) is 0 Å². The number of ether oxygens (including phenoxy) is 1. The van der Waals surface area contributed by atoms with Crippen LogP contribution in [0.4, 0.5) is 0 Å². The van der Waals surface area contributed by atoms with E-state index in [1.165, 1.54) is 12.5 Å². The third-order valence-corrected chi connectivity index (χ3v) is 4.54. The Kier molecular flexibility index (Phi) is 6.33. The molecule has 0 radical (unpaired) electrons. The Balaban J connectivity index is 1.96. The molecule has 0 spiro atoms. The highest BCUT2D eigenvalue weighted by Crippen LogP contribution is 2.26. The zero-order valence-electron chi connectivity index (χ0n) is 11.8. The van der Waals surface area contributed by atoms with Crippen LogP contribution in [0, 0.1) is 0 Å². The normalized spacial score (nSPS) is 11.9. The Hall–Kier alpha value is -1.26. The van der Waals surface area contributed by atoms with Crippen molar-refractivity contribution in [1.29, 1.82) is 0 Å².